The van der Waals surface area contributed by atoms with Crippen molar-refractivity contribution in [2.24, 2.45) is 0 Å². The van der Waals surface area contributed by atoms with E-state index in [1.807, 2.05) is 0 Å². The van der Waals surface area contributed by atoms with Gasteiger partial charge in [-0.2, -0.15) is 0 Å². The smallest absolute Gasteiger partial charge is 0.748 e. The van der Waals surface area contributed by atoms with Crippen LogP contribution in [0.1, 0.15) is 117 Å². The molecule has 0 rings (SSSR count). The first-order chi connectivity index (χ1) is 11.9. The average Bonchev–Trinajstić information content (AvgIpc) is 2.55. The normalized spacial score (nSPS) is 14.0. The molecular formula is C20H41NaO4S. The molecule has 0 heterocycles. The average molecular weight is 401 g/mol. The molecule has 0 spiro atoms. The summed E-state index contributed by atoms with van der Waals surface area (Å²) in [6.07, 6.45) is 17.5. The van der Waals surface area contributed by atoms with E-state index in [1.165, 1.54) is 64.7 Å². The molecule has 4 nitrogen and oxygen atoms in total. The summed E-state index contributed by atoms with van der Waals surface area (Å²) in [5.41, 5.74) is 0. The zero-order chi connectivity index (χ0) is 19.0. The van der Waals surface area contributed by atoms with Crippen molar-refractivity contribution >= 4 is 10.1 Å². The molecule has 0 aromatic heterocycles. The van der Waals surface area contributed by atoms with Crippen molar-refractivity contribution in [3.8, 4) is 0 Å². The molecule has 0 amide bonds. The predicted molar refractivity (Wildman–Crippen MR) is 105 cm³/mol. The molecule has 0 radical (unpaired) electrons. The van der Waals surface area contributed by atoms with Gasteiger partial charge < -0.3 is 9.66 Å². The van der Waals surface area contributed by atoms with E-state index in [1.54, 1.807) is 0 Å². The zero-order valence-electron chi connectivity index (χ0n) is 17.5. The molecule has 2 atom stereocenters. The van der Waals surface area contributed by atoms with Crippen molar-refractivity contribution in [1.82, 2.24) is 0 Å². The van der Waals surface area contributed by atoms with Crippen LogP contribution in [0.5, 0.6) is 0 Å². The molecule has 0 aliphatic heterocycles. The van der Waals surface area contributed by atoms with Crippen molar-refractivity contribution in [3.05, 3.63) is 0 Å². The van der Waals surface area contributed by atoms with Gasteiger partial charge >= 0.3 is 29.6 Å². The molecule has 1 N–H and O–H groups in total. The Balaban J connectivity index is 0. The van der Waals surface area contributed by atoms with Crippen LogP contribution in [0.4, 0.5) is 0 Å². The summed E-state index contributed by atoms with van der Waals surface area (Å²) in [5, 5.41) is 9.18. The van der Waals surface area contributed by atoms with Crippen molar-refractivity contribution in [1.29, 1.82) is 0 Å². The van der Waals surface area contributed by atoms with Gasteiger partial charge in [-0.1, -0.05) is 90.4 Å². The Morgan fingerprint density at radius 2 is 1.08 bits per heavy atom. The molecule has 152 valence electrons. The molecule has 0 fully saturated rings. The Bertz CT molecular complexity index is 387. The SMILES string of the molecule is CCCCCCCCCCCCC(O)CCCCCC(C)S(=O)(=O)[O-].[Na+]. The Kier molecular flexibility index (Phi) is 21.5. The van der Waals surface area contributed by atoms with E-state index in [0.29, 0.717) is 6.42 Å². The van der Waals surface area contributed by atoms with Gasteiger partial charge in [0.25, 0.3) is 0 Å². The van der Waals surface area contributed by atoms with Crippen LogP contribution >= 0.6 is 0 Å². The van der Waals surface area contributed by atoms with Gasteiger partial charge in [-0.3, -0.25) is 0 Å². The minimum atomic E-state index is -4.13. The third-order valence-electron chi connectivity index (χ3n) is 5.03. The fraction of sp³-hybridized carbons (Fsp3) is 1.00. The quantitative estimate of drug-likeness (QED) is 0.218. The van der Waals surface area contributed by atoms with Crippen LogP contribution in [0.2, 0.25) is 0 Å². The van der Waals surface area contributed by atoms with E-state index in [4.69, 9.17) is 0 Å². The largest absolute Gasteiger partial charge is 1.00 e. The number of aliphatic hydroxyl groups excluding tert-OH is 1. The first kappa shape index (κ1) is 29.1. The summed E-state index contributed by atoms with van der Waals surface area (Å²) in [4.78, 5) is 0. The van der Waals surface area contributed by atoms with Gasteiger partial charge in [-0.25, -0.2) is 8.42 Å². The van der Waals surface area contributed by atoms with Crippen LogP contribution in [0.15, 0.2) is 0 Å². The van der Waals surface area contributed by atoms with Gasteiger partial charge in [0.15, 0.2) is 0 Å². The van der Waals surface area contributed by atoms with E-state index in [2.05, 4.69) is 6.92 Å². The molecule has 2 unspecified atom stereocenters. The molecule has 0 aromatic rings. The number of rotatable bonds is 18. The monoisotopic (exact) mass is 400 g/mol. The fourth-order valence-corrected chi connectivity index (χ4v) is 3.60. The third kappa shape index (κ3) is 19.6. The second-order valence-corrected chi connectivity index (χ2v) is 9.36. The molecule has 0 saturated heterocycles. The summed E-state index contributed by atoms with van der Waals surface area (Å²) in [7, 11) is -4.13. The van der Waals surface area contributed by atoms with Crippen LogP contribution in [-0.4, -0.2) is 29.4 Å². The van der Waals surface area contributed by atoms with Crippen molar-refractivity contribution in [2.75, 3.05) is 0 Å². The molecule has 26 heavy (non-hydrogen) atoms. The minimum absolute atomic E-state index is 0. The summed E-state index contributed by atoms with van der Waals surface area (Å²) < 4.78 is 32.3. The number of hydrogen-bond acceptors (Lipinski definition) is 4. The summed E-state index contributed by atoms with van der Waals surface area (Å²) >= 11 is 0. The Labute approximate surface area is 185 Å². The maximum absolute atomic E-state index is 10.8. The standard InChI is InChI=1S/C20H42O4S.Na/c1-3-4-5-6-7-8-9-10-11-14-17-20(21)18-15-12-13-16-19(2)25(22,23)24;/h19-21H,3-18H2,1-2H3,(H,22,23,24);/q;+1/p-1. The van der Waals surface area contributed by atoms with E-state index in [0.717, 1.165) is 38.5 Å². The fourth-order valence-electron chi connectivity index (χ4n) is 3.14. The van der Waals surface area contributed by atoms with Crippen molar-refractivity contribution in [3.63, 3.8) is 0 Å². The van der Waals surface area contributed by atoms with Gasteiger partial charge in [0, 0.05) is 5.25 Å². The summed E-state index contributed by atoms with van der Waals surface area (Å²) in [6, 6.07) is 0. The predicted octanol–water partition coefficient (Wildman–Crippen LogP) is 2.55. The first-order valence-electron chi connectivity index (χ1n) is 10.5. The maximum atomic E-state index is 10.8. The first-order valence-corrected chi connectivity index (χ1v) is 12.0. The molecule has 0 bridgehead atoms. The van der Waals surface area contributed by atoms with Crippen LogP contribution < -0.4 is 29.6 Å². The molecule has 0 aliphatic carbocycles. The van der Waals surface area contributed by atoms with Gasteiger partial charge in [0.1, 0.15) is 0 Å². The van der Waals surface area contributed by atoms with E-state index in [9.17, 15) is 18.1 Å². The van der Waals surface area contributed by atoms with Crippen molar-refractivity contribution < 1.29 is 47.6 Å². The summed E-state index contributed by atoms with van der Waals surface area (Å²) in [5.74, 6) is 0. The number of unbranched alkanes of at least 4 members (excludes halogenated alkanes) is 11. The Hall–Kier alpha value is 0.870. The van der Waals surface area contributed by atoms with E-state index >= 15 is 0 Å². The zero-order valence-corrected chi connectivity index (χ0v) is 20.4. The van der Waals surface area contributed by atoms with Gasteiger partial charge in [0.2, 0.25) is 0 Å². The van der Waals surface area contributed by atoms with E-state index < -0.39 is 15.4 Å². The molecule has 0 aliphatic rings. The summed E-state index contributed by atoms with van der Waals surface area (Å²) in [6.45, 7) is 3.72. The molecule has 0 saturated carbocycles. The maximum Gasteiger partial charge on any atom is 1.00 e. The third-order valence-corrected chi connectivity index (χ3v) is 6.25. The molecule has 6 heteroatoms. The van der Waals surface area contributed by atoms with Gasteiger partial charge in [0.05, 0.1) is 16.2 Å². The topological polar surface area (TPSA) is 77.4 Å². The Morgan fingerprint density at radius 3 is 1.50 bits per heavy atom. The van der Waals surface area contributed by atoms with Crippen LogP contribution in [0.25, 0.3) is 0 Å². The second-order valence-electron chi connectivity index (χ2n) is 7.57. The Morgan fingerprint density at radius 1 is 0.731 bits per heavy atom. The molecule has 0 aromatic carbocycles. The number of aliphatic hydroxyl groups is 1. The van der Waals surface area contributed by atoms with Crippen LogP contribution in [0, 0.1) is 0 Å². The van der Waals surface area contributed by atoms with Crippen LogP contribution in [0.3, 0.4) is 0 Å². The minimum Gasteiger partial charge on any atom is -0.748 e. The van der Waals surface area contributed by atoms with E-state index in [-0.39, 0.29) is 35.7 Å². The van der Waals surface area contributed by atoms with Gasteiger partial charge in [-0.05, 0) is 26.2 Å². The van der Waals surface area contributed by atoms with Gasteiger partial charge in [-0.15, -0.1) is 0 Å². The second kappa shape index (κ2) is 19.2. The van der Waals surface area contributed by atoms with Crippen LogP contribution in [-0.2, 0) is 10.1 Å². The van der Waals surface area contributed by atoms with Crippen molar-refractivity contribution in [2.45, 2.75) is 128 Å². The molecular weight excluding hydrogens is 359 g/mol. The number of hydrogen-bond donors (Lipinski definition) is 1.